The summed E-state index contributed by atoms with van der Waals surface area (Å²) < 4.78 is 39.6. The molecule has 118 valence electrons. The van der Waals surface area contributed by atoms with Gasteiger partial charge in [-0.2, -0.15) is 4.39 Å². The average molecular weight is 368 g/mol. The number of carbonyl (C=O) groups excluding carboxylic acids is 1. The van der Waals surface area contributed by atoms with Crippen molar-refractivity contribution in [2.75, 3.05) is 6.54 Å². The molecule has 0 aromatic heterocycles. The van der Waals surface area contributed by atoms with Gasteiger partial charge in [0.1, 0.15) is 0 Å². The van der Waals surface area contributed by atoms with Crippen LogP contribution in [0.5, 0.6) is 5.75 Å². The number of halogens is 4. The number of nitrogens with one attached hydrogen (secondary N) is 1. The monoisotopic (exact) mass is 367 g/mol. The molecule has 1 atom stereocenters. The smallest absolute Gasteiger partial charge is 0.254 e. The average Bonchev–Trinajstić information content (AvgIpc) is 2.35. The molecule has 2 N–H and O–H groups in total. The maximum atomic E-state index is 13.6. The van der Waals surface area contributed by atoms with Crippen LogP contribution in [-0.4, -0.2) is 22.4 Å². The number of phenols is 1. The summed E-state index contributed by atoms with van der Waals surface area (Å²) in [5.41, 5.74) is -0.702. The van der Waals surface area contributed by atoms with Gasteiger partial charge in [-0.25, -0.2) is 8.78 Å². The van der Waals surface area contributed by atoms with E-state index in [0.717, 1.165) is 6.42 Å². The maximum absolute atomic E-state index is 13.6. The van der Waals surface area contributed by atoms with Gasteiger partial charge in [0.25, 0.3) is 5.91 Å². The molecule has 0 aliphatic rings. The number of rotatable bonds is 4. The van der Waals surface area contributed by atoms with Crippen LogP contribution in [0.15, 0.2) is 6.07 Å². The SMILES string of the molecule is CC(C)(C)CC(Br)CNC(=O)c1cc(F)c(F)c(O)c1F. The first-order valence-corrected chi connectivity index (χ1v) is 7.23. The molecule has 3 nitrogen and oxygen atoms in total. The van der Waals surface area contributed by atoms with Crippen molar-refractivity contribution in [1.82, 2.24) is 5.32 Å². The highest BCUT2D eigenvalue weighted by Gasteiger charge is 2.23. The second-order valence-corrected chi connectivity index (χ2v) is 7.25. The molecular weight excluding hydrogens is 351 g/mol. The van der Waals surface area contributed by atoms with Crippen LogP contribution in [0.3, 0.4) is 0 Å². The number of amides is 1. The van der Waals surface area contributed by atoms with Crippen molar-refractivity contribution in [3.8, 4) is 5.75 Å². The lowest BCUT2D eigenvalue weighted by molar-refractivity contribution is 0.0946. The van der Waals surface area contributed by atoms with Gasteiger partial charge in [0.2, 0.25) is 5.82 Å². The fourth-order valence-electron chi connectivity index (χ4n) is 1.79. The highest BCUT2D eigenvalue weighted by molar-refractivity contribution is 9.09. The van der Waals surface area contributed by atoms with E-state index < -0.39 is 34.7 Å². The van der Waals surface area contributed by atoms with Crippen molar-refractivity contribution in [3.63, 3.8) is 0 Å². The first-order chi connectivity index (χ1) is 9.53. The van der Waals surface area contributed by atoms with Crippen LogP contribution in [0.4, 0.5) is 13.2 Å². The number of phenolic OH excluding ortho intramolecular Hbond substituents is 1. The molecule has 1 rings (SSSR count). The van der Waals surface area contributed by atoms with Gasteiger partial charge in [-0.3, -0.25) is 4.79 Å². The first-order valence-electron chi connectivity index (χ1n) is 6.31. The van der Waals surface area contributed by atoms with Crippen LogP contribution < -0.4 is 5.32 Å². The highest BCUT2D eigenvalue weighted by atomic mass is 79.9. The second-order valence-electron chi connectivity index (χ2n) is 5.95. The Morgan fingerprint density at radius 3 is 2.43 bits per heavy atom. The molecule has 0 bridgehead atoms. The Balaban J connectivity index is 2.78. The van der Waals surface area contributed by atoms with Crippen molar-refractivity contribution < 1.29 is 23.1 Å². The normalized spacial score (nSPS) is 13.1. The van der Waals surface area contributed by atoms with E-state index in [1.54, 1.807) is 0 Å². The Labute approximate surface area is 129 Å². The second kappa shape index (κ2) is 6.68. The van der Waals surface area contributed by atoms with E-state index in [2.05, 4.69) is 21.2 Å². The Morgan fingerprint density at radius 2 is 1.90 bits per heavy atom. The number of benzene rings is 1. The van der Waals surface area contributed by atoms with Crippen LogP contribution >= 0.6 is 15.9 Å². The zero-order valence-electron chi connectivity index (χ0n) is 11.9. The summed E-state index contributed by atoms with van der Waals surface area (Å²) >= 11 is 3.38. The Morgan fingerprint density at radius 1 is 1.33 bits per heavy atom. The Bertz CT molecular complexity index is 544. The standard InChI is InChI=1S/C14H17BrF3NO2/c1-14(2,3)5-7(15)6-19-13(21)8-4-9(16)11(18)12(20)10(8)17/h4,7,20H,5-6H2,1-3H3,(H,19,21). The van der Waals surface area contributed by atoms with Crippen molar-refractivity contribution in [3.05, 3.63) is 29.1 Å². The summed E-state index contributed by atoms with van der Waals surface area (Å²) in [7, 11) is 0. The van der Waals surface area contributed by atoms with Gasteiger partial charge in [0.15, 0.2) is 17.4 Å². The molecule has 1 aromatic rings. The number of aromatic hydroxyl groups is 1. The number of alkyl halides is 1. The predicted octanol–water partition coefficient (Wildman–Crippen LogP) is 3.74. The fraction of sp³-hybridized carbons (Fsp3) is 0.500. The third-order valence-corrected chi connectivity index (χ3v) is 3.34. The number of hydrogen-bond acceptors (Lipinski definition) is 2. The van der Waals surface area contributed by atoms with E-state index in [4.69, 9.17) is 5.11 Å². The van der Waals surface area contributed by atoms with E-state index in [0.29, 0.717) is 6.07 Å². The predicted molar refractivity (Wildman–Crippen MR) is 77.1 cm³/mol. The molecule has 0 aliphatic heterocycles. The summed E-state index contributed by atoms with van der Waals surface area (Å²) in [6.07, 6.45) is 0.749. The van der Waals surface area contributed by atoms with Crippen molar-refractivity contribution in [1.29, 1.82) is 0 Å². The molecule has 0 heterocycles. The topological polar surface area (TPSA) is 49.3 Å². The molecule has 0 fully saturated rings. The zero-order chi connectivity index (χ0) is 16.4. The highest BCUT2D eigenvalue weighted by Crippen LogP contribution is 2.26. The molecule has 1 aromatic carbocycles. The van der Waals surface area contributed by atoms with Gasteiger partial charge in [-0.15, -0.1) is 0 Å². The molecule has 7 heteroatoms. The number of hydrogen-bond donors (Lipinski definition) is 2. The van der Waals surface area contributed by atoms with Crippen LogP contribution in [-0.2, 0) is 0 Å². The van der Waals surface area contributed by atoms with Crippen molar-refractivity contribution in [2.24, 2.45) is 5.41 Å². The lowest BCUT2D eigenvalue weighted by atomic mass is 9.90. The quantitative estimate of drug-likeness (QED) is 0.629. The molecule has 0 spiro atoms. The van der Waals surface area contributed by atoms with Gasteiger partial charge in [-0.1, -0.05) is 36.7 Å². The molecule has 0 radical (unpaired) electrons. The lowest BCUT2D eigenvalue weighted by Gasteiger charge is -2.22. The van der Waals surface area contributed by atoms with E-state index in [1.165, 1.54) is 0 Å². The lowest BCUT2D eigenvalue weighted by Crippen LogP contribution is -2.32. The molecule has 21 heavy (non-hydrogen) atoms. The minimum absolute atomic E-state index is 0.0321. The largest absolute Gasteiger partial charge is 0.503 e. The van der Waals surface area contributed by atoms with Gasteiger partial charge >= 0.3 is 0 Å². The summed E-state index contributed by atoms with van der Waals surface area (Å²) in [6.45, 7) is 6.26. The Kier molecular flexibility index (Phi) is 5.67. The molecule has 0 saturated heterocycles. The summed E-state index contributed by atoms with van der Waals surface area (Å²) in [6, 6.07) is 0.423. The molecule has 1 unspecified atom stereocenters. The minimum Gasteiger partial charge on any atom is -0.503 e. The third kappa shape index (κ3) is 4.91. The van der Waals surface area contributed by atoms with Crippen LogP contribution in [0, 0.1) is 22.9 Å². The first kappa shape index (κ1) is 17.8. The van der Waals surface area contributed by atoms with Gasteiger partial charge in [-0.05, 0) is 17.9 Å². The fourth-order valence-corrected chi connectivity index (χ4v) is 2.92. The van der Waals surface area contributed by atoms with Gasteiger partial charge in [0, 0.05) is 11.4 Å². The molecular formula is C14H17BrF3NO2. The zero-order valence-corrected chi connectivity index (χ0v) is 13.5. The third-order valence-electron chi connectivity index (χ3n) is 2.70. The van der Waals surface area contributed by atoms with E-state index in [-0.39, 0.29) is 16.8 Å². The molecule has 1 amide bonds. The summed E-state index contributed by atoms with van der Waals surface area (Å²) in [5, 5.41) is 11.5. The van der Waals surface area contributed by atoms with Gasteiger partial charge < -0.3 is 10.4 Å². The van der Waals surface area contributed by atoms with Crippen molar-refractivity contribution in [2.45, 2.75) is 32.0 Å². The van der Waals surface area contributed by atoms with Crippen molar-refractivity contribution >= 4 is 21.8 Å². The van der Waals surface area contributed by atoms with Crippen LogP contribution in [0.25, 0.3) is 0 Å². The molecule has 0 saturated carbocycles. The molecule has 0 aliphatic carbocycles. The summed E-state index contributed by atoms with van der Waals surface area (Å²) in [4.78, 5) is 11.7. The van der Waals surface area contributed by atoms with E-state index >= 15 is 0 Å². The van der Waals surface area contributed by atoms with Crippen LogP contribution in [0.1, 0.15) is 37.6 Å². The summed E-state index contributed by atoms with van der Waals surface area (Å²) in [5.74, 6) is -7.09. The van der Waals surface area contributed by atoms with E-state index in [9.17, 15) is 18.0 Å². The maximum Gasteiger partial charge on any atom is 0.254 e. The number of carbonyl (C=O) groups is 1. The van der Waals surface area contributed by atoms with E-state index in [1.807, 2.05) is 20.8 Å². The minimum atomic E-state index is -1.71. The Hall–Kier alpha value is -1.24. The van der Waals surface area contributed by atoms with Crippen LogP contribution in [0.2, 0.25) is 0 Å². The van der Waals surface area contributed by atoms with Gasteiger partial charge in [0.05, 0.1) is 5.56 Å².